The van der Waals surface area contributed by atoms with Gasteiger partial charge in [0.15, 0.2) is 0 Å². The lowest BCUT2D eigenvalue weighted by Gasteiger charge is -2.14. The van der Waals surface area contributed by atoms with E-state index in [0.717, 1.165) is 29.9 Å². The fraction of sp³-hybridized carbons (Fsp3) is 0.600. The van der Waals surface area contributed by atoms with Crippen LogP contribution in [0.3, 0.4) is 0 Å². The van der Waals surface area contributed by atoms with Crippen LogP contribution in [-0.2, 0) is 0 Å². The summed E-state index contributed by atoms with van der Waals surface area (Å²) in [5.41, 5.74) is 0. The minimum Gasteiger partial charge on any atom is -0.492 e. The first kappa shape index (κ1) is 14.8. The Morgan fingerprint density at radius 2 is 2.05 bits per heavy atom. The lowest BCUT2D eigenvalue weighted by molar-refractivity contribution is 0.305. The first-order valence-corrected chi connectivity index (χ1v) is 7.95. The van der Waals surface area contributed by atoms with Gasteiger partial charge in [-0.1, -0.05) is 22.0 Å². The van der Waals surface area contributed by atoms with E-state index in [2.05, 4.69) is 26.1 Å². The van der Waals surface area contributed by atoms with Crippen molar-refractivity contribution in [3.8, 4) is 5.75 Å². The molecular weight excluding hydrogens is 304 g/mol. The van der Waals surface area contributed by atoms with Crippen LogP contribution in [-0.4, -0.2) is 44.2 Å². The highest BCUT2D eigenvalue weighted by Gasteiger charge is 2.09. The summed E-state index contributed by atoms with van der Waals surface area (Å²) >= 11 is 3.44. The van der Waals surface area contributed by atoms with E-state index in [0.29, 0.717) is 0 Å². The van der Waals surface area contributed by atoms with Crippen molar-refractivity contribution in [1.29, 1.82) is 0 Å². The molecule has 1 aromatic carbocycles. The molecule has 4 heteroatoms. The Hall–Kier alpha value is -0.580. The fourth-order valence-corrected chi connectivity index (χ4v) is 2.73. The number of rotatable bonds is 8. The maximum absolute atomic E-state index is 5.66. The van der Waals surface area contributed by atoms with Gasteiger partial charge in [-0.3, -0.25) is 0 Å². The molecule has 1 aromatic rings. The molecule has 0 atom stereocenters. The zero-order valence-corrected chi connectivity index (χ0v) is 13.0. The zero-order valence-electron chi connectivity index (χ0n) is 11.4. The van der Waals surface area contributed by atoms with Crippen LogP contribution in [0.4, 0.5) is 0 Å². The van der Waals surface area contributed by atoms with Gasteiger partial charge in [-0.25, -0.2) is 0 Å². The molecule has 1 saturated heterocycles. The number of nitrogens with one attached hydrogen (secondary N) is 1. The molecule has 0 saturated carbocycles. The second kappa shape index (κ2) is 8.56. The smallest absolute Gasteiger partial charge is 0.120 e. The number of hydrogen-bond acceptors (Lipinski definition) is 3. The van der Waals surface area contributed by atoms with E-state index in [1.54, 1.807) is 0 Å². The van der Waals surface area contributed by atoms with Crippen LogP contribution in [0.15, 0.2) is 28.7 Å². The topological polar surface area (TPSA) is 24.5 Å². The molecule has 19 heavy (non-hydrogen) atoms. The van der Waals surface area contributed by atoms with Crippen molar-refractivity contribution in [2.24, 2.45) is 0 Å². The molecular formula is C15H23BrN2O. The third-order valence-electron chi connectivity index (χ3n) is 3.37. The molecule has 2 rings (SSSR count). The van der Waals surface area contributed by atoms with Gasteiger partial charge in [-0.2, -0.15) is 0 Å². The van der Waals surface area contributed by atoms with Crippen LogP contribution in [0.5, 0.6) is 5.75 Å². The van der Waals surface area contributed by atoms with Crippen molar-refractivity contribution in [3.05, 3.63) is 28.7 Å². The van der Waals surface area contributed by atoms with Gasteiger partial charge in [0.05, 0.1) is 0 Å². The van der Waals surface area contributed by atoms with Crippen LogP contribution in [0, 0.1) is 0 Å². The highest BCUT2D eigenvalue weighted by atomic mass is 79.9. The summed E-state index contributed by atoms with van der Waals surface area (Å²) in [6.45, 7) is 6.54. The van der Waals surface area contributed by atoms with Crippen LogP contribution in [0.1, 0.15) is 19.3 Å². The number of ether oxygens (including phenoxy) is 1. The molecule has 0 spiro atoms. The maximum atomic E-state index is 5.66. The minimum absolute atomic E-state index is 0.722. The van der Waals surface area contributed by atoms with Crippen LogP contribution in [0.25, 0.3) is 0 Å². The SMILES string of the molecule is Brc1cccc(OCCNCCCN2CCCC2)c1. The lowest BCUT2D eigenvalue weighted by Crippen LogP contribution is -2.27. The van der Waals surface area contributed by atoms with Gasteiger partial charge >= 0.3 is 0 Å². The van der Waals surface area contributed by atoms with Crippen LogP contribution in [0.2, 0.25) is 0 Å². The summed E-state index contributed by atoms with van der Waals surface area (Å²) in [5, 5.41) is 3.43. The van der Waals surface area contributed by atoms with Crippen molar-refractivity contribution in [3.63, 3.8) is 0 Å². The maximum Gasteiger partial charge on any atom is 0.120 e. The van der Waals surface area contributed by atoms with E-state index >= 15 is 0 Å². The molecule has 0 aliphatic carbocycles. The first-order chi connectivity index (χ1) is 9.34. The predicted molar refractivity (Wildman–Crippen MR) is 82.8 cm³/mol. The quantitative estimate of drug-likeness (QED) is 0.743. The molecule has 1 N–H and O–H groups in total. The predicted octanol–water partition coefficient (Wildman–Crippen LogP) is 2.90. The highest BCUT2D eigenvalue weighted by Crippen LogP contribution is 2.17. The summed E-state index contributed by atoms with van der Waals surface area (Å²) in [6.07, 6.45) is 4.00. The van der Waals surface area contributed by atoms with Crippen molar-refractivity contribution in [2.75, 3.05) is 39.3 Å². The van der Waals surface area contributed by atoms with Crippen LogP contribution >= 0.6 is 15.9 Å². The molecule has 0 bridgehead atoms. The number of halogens is 1. The molecule has 1 aliphatic heterocycles. The van der Waals surface area contributed by atoms with E-state index in [-0.39, 0.29) is 0 Å². The van der Waals surface area contributed by atoms with Gasteiger partial charge < -0.3 is 15.0 Å². The van der Waals surface area contributed by atoms with Gasteiger partial charge in [0.2, 0.25) is 0 Å². The van der Waals surface area contributed by atoms with E-state index in [1.165, 1.54) is 38.9 Å². The van der Waals surface area contributed by atoms with Crippen molar-refractivity contribution < 1.29 is 4.74 Å². The normalized spacial score (nSPS) is 15.8. The molecule has 0 aromatic heterocycles. The van der Waals surface area contributed by atoms with E-state index in [4.69, 9.17) is 4.74 Å². The summed E-state index contributed by atoms with van der Waals surface area (Å²) in [6, 6.07) is 7.97. The van der Waals surface area contributed by atoms with E-state index < -0.39 is 0 Å². The Morgan fingerprint density at radius 1 is 1.21 bits per heavy atom. The standard InChI is InChI=1S/C15H23BrN2O/c16-14-5-3-6-15(13-14)19-12-8-17-7-4-11-18-9-1-2-10-18/h3,5-6,13,17H,1-2,4,7-12H2. The lowest BCUT2D eigenvalue weighted by atomic mass is 10.3. The molecule has 0 amide bonds. The van der Waals surface area contributed by atoms with E-state index in [1.807, 2.05) is 24.3 Å². The van der Waals surface area contributed by atoms with Crippen molar-refractivity contribution in [2.45, 2.75) is 19.3 Å². The summed E-state index contributed by atoms with van der Waals surface area (Å²) in [7, 11) is 0. The second-order valence-electron chi connectivity index (χ2n) is 4.96. The fourth-order valence-electron chi connectivity index (χ4n) is 2.36. The summed E-state index contributed by atoms with van der Waals surface area (Å²) < 4.78 is 6.72. The number of benzene rings is 1. The van der Waals surface area contributed by atoms with Gasteiger partial charge in [0, 0.05) is 11.0 Å². The Bertz CT molecular complexity index is 367. The van der Waals surface area contributed by atoms with Crippen molar-refractivity contribution >= 4 is 15.9 Å². The highest BCUT2D eigenvalue weighted by molar-refractivity contribution is 9.10. The molecule has 1 fully saturated rings. The number of hydrogen-bond donors (Lipinski definition) is 1. The summed E-state index contributed by atoms with van der Waals surface area (Å²) in [5.74, 6) is 0.924. The molecule has 1 aliphatic rings. The molecule has 1 heterocycles. The zero-order chi connectivity index (χ0) is 13.3. The average Bonchev–Trinajstić information content (AvgIpc) is 2.91. The largest absolute Gasteiger partial charge is 0.492 e. The molecule has 0 radical (unpaired) electrons. The van der Waals surface area contributed by atoms with E-state index in [9.17, 15) is 0 Å². The van der Waals surface area contributed by atoms with Crippen LogP contribution < -0.4 is 10.1 Å². The number of nitrogens with zero attached hydrogens (tertiary/aromatic N) is 1. The summed E-state index contributed by atoms with van der Waals surface area (Å²) in [4.78, 5) is 2.56. The number of likely N-dealkylation sites (tertiary alicyclic amines) is 1. The van der Waals surface area contributed by atoms with Gasteiger partial charge in [0.1, 0.15) is 12.4 Å². The molecule has 3 nitrogen and oxygen atoms in total. The minimum atomic E-state index is 0.722. The van der Waals surface area contributed by atoms with Gasteiger partial charge in [-0.15, -0.1) is 0 Å². The Morgan fingerprint density at radius 3 is 2.84 bits per heavy atom. The second-order valence-corrected chi connectivity index (χ2v) is 5.87. The average molecular weight is 327 g/mol. The molecule has 106 valence electrons. The monoisotopic (exact) mass is 326 g/mol. The van der Waals surface area contributed by atoms with Crippen molar-refractivity contribution in [1.82, 2.24) is 10.2 Å². The molecule has 0 unspecified atom stereocenters. The Kier molecular flexibility index (Phi) is 6.68. The Balaban J connectivity index is 1.46. The first-order valence-electron chi connectivity index (χ1n) is 7.16. The third kappa shape index (κ3) is 5.93. The van der Waals surface area contributed by atoms with Gasteiger partial charge in [0.25, 0.3) is 0 Å². The van der Waals surface area contributed by atoms with Gasteiger partial charge in [-0.05, 0) is 63.6 Å². The third-order valence-corrected chi connectivity index (χ3v) is 3.86. The Labute approximate surface area is 124 Å².